The molecule has 1 aliphatic heterocycles. The molecule has 3 rings (SSSR count). The van der Waals surface area contributed by atoms with Crippen LogP contribution in [0.1, 0.15) is 11.5 Å². The van der Waals surface area contributed by atoms with Crippen LogP contribution in [-0.4, -0.2) is 47.2 Å². The fraction of sp³-hybridized carbons (Fsp3) is 0.375. The molecule has 1 fully saturated rings. The van der Waals surface area contributed by atoms with Gasteiger partial charge in [-0.25, -0.2) is 13.6 Å². The molecule has 24 heavy (non-hydrogen) atoms. The lowest BCUT2D eigenvalue weighted by Gasteiger charge is -2.34. The average Bonchev–Trinajstić information content (AvgIpc) is 2.96. The fourth-order valence-corrected chi connectivity index (χ4v) is 2.62. The first-order chi connectivity index (χ1) is 11.5. The smallest absolute Gasteiger partial charge is 0.322 e. The van der Waals surface area contributed by atoms with Gasteiger partial charge in [0.15, 0.2) is 0 Å². The predicted molar refractivity (Wildman–Crippen MR) is 83.5 cm³/mol. The molecule has 1 N–H and O–H groups in total. The van der Waals surface area contributed by atoms with Gasteiger partial charge in [0.1, 0.15) is 17.4 Å². The highest BCUT2D eigenvalue weighted by molar-refractivity contribution is 5.89. The molecule has 1 aromatic heterocycles. The second-order valence-corrected chi connectivity index (χ2v) is 5.75. The van der Waals surface area contributed by atoms with Gasteiger partial charge in [-0.05, 0) is 19.1 Å². The molecule has 1 saturated heterocycles. The molecule has 0 unspecified atom stereocenters. The number of nitrogens with one attached hydrogen (secondary N) is 1. The van der Waals surface area contributed by atoms with Crippen molar-refractivity contribution in [3.63, 3.8) is 0 Å². The summed E-state index contributed by atoms with van der Waals surface area (Å²) in [5.74, 6) is -0.699. The van der Waals surface area contributed by atoms with Gasteiger partial charge in [0.05, 0.1) is 11.4 Å². The van der Waals surface area contributed by atoms with E-state index >= 15 is 0 Å². The normalized spacial score (nSPS) is 15.5. The van der Waals surface area contributed by atoms with Crippen molar-refractivity contribution in [2.24, 2.45) is 0 Å². The predicted octanol–water partition coefficient (Wildman–Crippen LogP) is 2.61. The molecular formula is C16H18F2N4O2. The summed E-state index contributed by atoms with van der Waals surface area (Å²) in [6.07, 6.45) is 0. The van der Waals surface area contributed by atoms with Crippen molar-refractivity contribution in [1.29, 1.82) is 0 Å². The number of hydrogen-bond acceptors (Lipinski definition) is 4. The highest BCUT2D eigenvalue weighted by Gasteiger charge is 2.22. The number of aromatic nitrogens is 1. The van der Waals surface area contributed by atoms with E-state index in [4.69, 9.17) is 4.52 Å². The Kier molecular flexibility index (Phi) is 4.75. The van der Waals surface area contributed by atoms with Crippen LogP contribution in [0, 0.1) is 18.6 Å². The Morgan fingerprint density at radius 3 is 2.62 bits per heavy atom. The SMILES string of the molecule is Cc1cc(CN2CCN(C(=O)Nc3ccc(F)cc3F)CC2)no1. The highest BCUT2D eigenvalue weighted by atomic mass is 19.1. The lowest BCUT2D eigenvalue weighted by atomic mass is 10.2. The Labute approximate surface area is 138 Å². The van der Waals surface area contributed by atoms with Crippen molar-refractivity contribution in [1.82, 2.24) is 15.0 Å². The minimum atomic E-state index is -0.789. The number of rotatable bonds is 3. The van der Waals surface area contributed by atoms with E-state index in [1.165, 1.54) is 6.07 Å². The summed E-state index contributed by atoms with van der Waals surface area (Å²) in [7, 11) is 0. The summed E-state index contributed by atoms with van der Waals surface area (Å²) in [4.78, 5) is 16.0. The lowest BCUT2D eigenvalue weighted by Crippen LogP contribution is -2.49. The molecule has 0 atom stereocenters. The first kappa shape index (κ1) is 16.4. The molecule has 8 heteroatoms. The third kappa shape index (κ3) is 3.88. The Morgan fingerprint density at radius 1 is 1.25 bits per heavy atom. The number of benzene rings is 1. The molecule has 1 aliphatic rings. The van der Waals surface area contributed by atoms with Crippen LogP contribution in [-0.2, 0) is 6.54 Å². The van der Waals surface area contributed by atoms with E-state index < -0.39 is 17.7 Å². The van der Waals surface area contributed by atoms with E-state index in [2.05, 4.69) is 15.4 Å². The number of carbonyl (C=O) groups is 1. The minimum absolute atomic E-state index is 0.0260. The molecule has 0 saturated carbocycles. The standard InChI is InChI=1S/C16H18F2N4O2/c1-11-8-13(20-24-11)10-21-4-6-22(7-5-21)16(23)19-15-3-2-12(17)9-14(15)18/h2-3,8-9H,4-7,10H2,1H3,(H,19,23). The van der Waals surface area contributed by atoms with E-state index in [-0.39, 0.29) is 5.69 Å². The minimum Gasteiger partial charge on any atom is -0.361 e. The number of hydrogen-bond donors (Lipinski definition) is 1. The number of anilines is 1. The van der Waals surface area contributed by atoms with E-state index in [1.54, 1.807) is 4.90 Å². The zero-order valence-electron chi connectivity index (χ0n) is 13.3. The van der Waals surface area contributed by atoms with Gasteiger partial charge < -0.3 is 14.7 Å². The molecule has 6 nitrogen and oxygen atoms in total. The summed E-state index contributed by atoms with van der Waals surface area (Å²) < 4.78 is 31.5. The molecule has 0 bridgehead atoms. The van der Waals surface area contributed by atoms with E-state index in [0.29, 0.717) is 32.7 Å². The van der Waals surface area contributed by atoms with E-state index in [0.717, 1.165) is 23.6 Å². The Hall–Kier alpha value is -2.48. The molecule has 1 aromatic carbocycles. The van der Waals surface area contributed by atoms with Gasteiger partial charge in [0.25, 0.3) is 0 Å². The number of urea groups is 1. The molecule has 0 radical (unpaired) electrons. The molecule has 0 spiro atoms. The van der Waals surface area contributed by atoms with Gasteiger partial charge in [-0.2, -0.15) is 0 Å². The summed E-state index contributed by atoms with van der Waals surface area (Å²) in [5.41, 5.74) is 0.834. The first-order valence-corrected chi connectivity index (χ1v) is 7.67. The third-order valence-electron chi connectivity index (χ3n) is 3.89. The van der Waals surface area contributed by atoms with Gasteiger partial charge in [-0.15, -0.1) is 0 Å². The summed E-state index contributed by atoms with van der Waals surface area (Å²) in [6, 6.07) is 4.56. The summed E-state index contributed by atoms with van der Waals surface area (Å²) in [6.45, 7) is 4.92. The quantitative estimate of drug-likeness (QED) is 0.936. The van der Waals surface area contributed by atoms with Gasteiger partial charge in [0.2, 0.25) is 0 Å². The lowest BCUT2D eigenvalue weighted by molar-refractivity contribution is 0.141. The maximum atomic E-state index is 13.6. The maximum Gasteiger partial charge on any atom is 0.322 e. The van der Waals surface area contributed by atoms with Crippen LogP contribution in [0.4, 0.5) is 19.3 Å². The van der Waals surface area contributed by atoms with Crippen LogP contribution in [0.25, 0.3) is 0 Å². The van der Waals surface area contributed by atoms with Gasteiger partial charge in [0, 0.05) is 44.9 Å². The Bertz CT molecular complexity index is 727. The molecule has 2 amide bonds. The largest absolute Gasteiger partial charge is 0.361 e. The number of carbonyl (C=O) groups excluding carboxylic acids is 1. The Morgan fingerprint density at radius 2 is 2.00 bits per heavy atom. The first-order valence-electron chi connectivity index (χ1n) is 7.67. The van der Waals surface area contributed by atoms with Crippen LogP contribution in [0.2, 0.25) is 0 Å². The average molecular weight is 336 g/mol. The van der Waals surface area contributed by atoms with Crippen molar-refractivity contribution in [3.8, 4) is 0 Å². The molecule has 2 heterocycles. The highest BCUT2D eigenvalue weighted by Crippen LogP contribution is 2.16. The monoisotopic (exact) mass is 336 g/mol. The van der Waals surface area contributed by atoms with Gasteiger partial charge in [-0.1, -0.05) is 5.16 Å². The van der Waals surface area contributed by atoms with Crippen LogP contribution in [0.3, 0.4) is 0 Å². The number of piperazine rings is 1. The van der Waals surface area contributed by atoms with Crippen molar-refractivity contribution >= 4 is 11.7 Å². The molecule has 2 aromatic rings. The topological polar surface area (TPSA) is 61.6 Å². The molecule has 0 aliphatic carbocycles. The zero-order chi connectivity index (χ0) is 17.1. The maximum absolute atomic E-state index is 13.6. The van der Waals surface area contributed by atoms with Crippen LogP contribution in [0.5, 0.6) is 0 Å². The zero-order valence-corrected chi connectivity index (χ0v) is 13.3. The number of amides is 2. The van der Waals surface area contributed by atoms with Crippen LogP contribution < -0.4 is 5.32 Å². The van der Waals surface area contributed by atoms with Crippen LogP contribution in [0.15, 0.2) is 28.8 Å². The third-order valence-corrected chi connectivity index (χ3v) is 3.89. The van der Waals surface area contributed by atoms with Crippen molar-refractivity contribution in [2.75, 3.05) is 31.5 Å². The van der Waals surface area contributed by atoms with E-state index in [9.17, 15) is 13.6 Å². The molecular weight excluding hydrogens is 318 g/mol. The van der Waals surface area contributed by atoms with Gasteiger partial charge >= 0.3 is 6.03 Å². The van der Waals surface area contributed by atoms with Crippen molar-refractivity contribution in [3.05, 3.63) is 47.4 Å². The second kappa shape index (κ2) is 6.96. The summed E-state index contributed by atoms with van der Waals surface area (Å²) in [5, 5.41) is 6.43. The summed E-state index contributed by atoms with van der Waals surface area (Å²) >= 11 is 0. The number of halogens is 2. The number of aryl methyl sites for hydroxylation is 1. The van der Waals surface area contributed by atoms with Crippen LogP contribution >= 0.6 is 0 Å². The van der Waals surface area contributed by atoms with Crippen molar-refractivity contribution in [2.45, 2.75) is 13.5 Å². The van der Waals surface area contributed by atoms with Crippen molar-refractivity contribution < 1.29 is 18.1 Å². The Balaban J connectivity index is 1.51. The number of nitrogens with zero attached hydrogens (tertiary/aromatic N) is 3. The van der Waals surface area contributed by atoms with E-state index in [1.807, 2.05) is 13.0 Å². The fourth-order valence-electron chi connectivity index (χ4n) is 2.62. The molecule has 128 valence electrons. The second-order valence-electron chi connectivity index (χ2n) is 5.75. The van der Waals surface area contributed by atoms with Gasteiger partial charge in [-0.3, -0.25) is 4.90 Å².